The van der Waals surface area contributed by atoms with E-state index in [0.717, 1.165) is 18.4 Å². The molecule has 8 nitrogen and oxygen atoms in total. The number of hydrogen-bond acceptors (Lipinski definition) is 6. The van der Waals surface area contributed by atoms with Crippen LogP contribution >= 0.6 is 0 Å². The topological polar surface area (TPSA) is 135 Å². The van der Waals surface area contributed by atoms with Gasteiger partial charge in [-0.3, -0.25) is 10.2 Å². The third-order valence-electron chi connectivity index (χ3n) is 4.79. The molecule has 0 saturated carbocycles. The van der Waals surface area contributed by atoms with E-state index in [1.165, 1.54) is 6.92 Å². The molecule has 1 atom stereocenters. The van der Waals surface area contributed by atoms with Crippen molar-refractivity contribution in [2.45, 2.75) is 39.2 Å². The number of esters is 1. The van der Waals surface area contributed by atoms with Crippen LogP contribution < -0.4 is 15.8 Å². The Morgan fingerprint density at radius 1 is 1.16 bits per heavy atom. The van der Waals surface area contributed by atoms with Gasteiger partial charge in [-0.15, -0.1) is 0 Å². The number of amidine groups is 1. The van der Waals surface area contributed by atoms with E-state index in [0.29, 0.717) is 22.6 Å². The molecular weight excluding hydrogens is 398 g/mol. The lowest BCUT2D eigenvalue weighted by Crippen LogP contribution is -2.41. The second-order valence-electron chi connectivity index (χ2n) is 7.32. The molecule has 166 valence electrons. The number of carboxylic acid groups (broad SMARTS) is 1. The average molecular weight is 428 g/mol. The summed E-state index contributed by atoms with van der Waals surface area (Å²) >= 11 is 0. The van der Waals surface area contributed by atoms with Gasteiger partial charge in [0.2, 0.25) is 0 Å². The molecule has 0 aliphatic carbocycles. The summed E-state index contributed by atoms with van der Waals surface area (Å²) < 4.78 is 10.7. The zero-order chi connectivity index (χ0) is 23.0. The highest BCUT2D eigenvalue weighted by Crippen LogP contribution is 2.35. The van der Waals surface area contributed by atoms with Crippen LogP contribution in [-0.4, -0.2) is 36.1 Å². The van der Waals surface area contributed by atoms with Crippen molar-refractivity contribution in [1.82, 2.24) is 0 Å². The lowest BCUT2D eigenvalue weighted by molar-refractivity contribution is -0.142. The summed E-state index contributed by atoms with van der Waals surface area (Å²) in [6.07, 6.45) is 1.71. The van der Waals surface area contributed by atoms with E-state index in [1.54, 1.807) is 37.3 Å². The summed E-state index contributed by atoms with van der Waals surface area (Å²) in [6, 6.07) is 12.1. The number of nitrogen functional groups attached to an aromatic ring is 1. The molecule has 0 bridgehead atoms. The van der Waals surface area contributed by atoms with Gasteiger partial charge in [0, 0.05) is 23.7 Å². The summed E-state index contributed by atoms with van der Waals surface area (Å²) in [6.45, 7) is 5.10. The Labute approximate surface area is 181 Å². The third-order valence-corrected chi connectivity index (χ3v) is 4.79. The standard InChI is InChI=1S/C23H29N3O5/c1-4-5-16-6-11-20(31-13-12-30-15(2)27)19(14-16)23(3,22(28)29)26-18-9-7-17(8-10-18)21(24)25/h6-11,14,26H,4-5,12-13H2,1-3H3,(H3,24,25)(H,28,29). The number of benzene rings is 2. The molecule has 5 N–H and O–H groups in total. The second-order valence-corrected chi connectivity index (χ2v) is 7.32. The zero-order valence-corrected chi connectivity index (χ0v) is 18.0. The van der Waals surface area contributed by atoms with Crippen molar-refractivity contribution in [3.63, 3.8) is 0 Å². The van der Waals surface area contributed by atoms with Gasteiger partial charge in [-0.1, -0.05) is 19.4 Å². The number of rotatable bonds is 11. The Hall–Kier alpha value is -3.55. The second kappa shape index (κ2) is 10.5. The molecule has 0 radical (unpaired) electrons. The van der Waals surface area contributed by atoms with Gasteiger partial charge in [0.1, 0.15) is 24.8 Å². The minimum absolute atomic E-state index is 0.0647. The van der Waals surface area contributed by atoms with Crippen molar-refractivity contribution in [3.05, 3.63) is 59.2 Å². The molecule has 0 fully saturated rings. The third kappa shape index (κ3) is 6.21. The maximum atomic E-state index is 12.4. The Bertz CT molecular complexity index is 943. The lowest BCUT2D eigenvalue weighted by atomic mass is 9.88. The van der Waals surface area contributed by atoms with E-state index in [1.807, 2.05) is 12.1 Å². The van der Waals surface area contributed by atoms with E-state index in [-0.39, 0.29) is 19.0 Å². The van der Waals surface area contributed by atoms with Crippen molar-refractivity contribution in [2.75, 3.05) is 18.5 Å². The molecule has 0 saturated heterocycles. The highest BCUT2D eigenvalue weighted by atomic mass is 16.6. The van der Waals surface area contributed by atoms with Crippen LogP contribution in [0.25, 0.3) is 0 Å². The van der Waals surface area contributed by atoms with Crippen LogP contribution in [0.1, 0.15) is 43.9 Å². The van der Waals surface area contributed by atoms with Gasteiger partial charge in [-0.05, 0) is 55.3 Å². The molecule has 2 rings (SSSR count). The van der Waals surface area contributed by atoms with Crippen LogP contribution in [0.5, 0.6) is 5.75 Å². The maximum absolute atomic E-state index is 12.4. The summed E-state index contributed by atoms with van der Waals surface area (Å²) in [7, 11) is 0. The van der Waals surface area contributed by atoms with Gasteiger partial charge in [-0.25, -0.2) is 4.79 Å². The highest BCUT2D eigenvalue weighted by molar-refractivity contribution is 5.95. The number of aliphatic carboxylic acids is 1. The Morgan fingerprint density at radius 3 is 2.39 bits per heavy atom. The Kier molecular flexibility index (Phi) is 8.01. The monoisotopic (exact) mass is 427 g/mol. The SMILES string of the molecule is CCCc1ccc(OCCOC(C)=O)c(C(C)(Nc2ccc(C(=N)N)cc2)C(=O)O)c1. The molecule has 1 unspecified atom stereocenters. The van der Waals surface area contributed by atoms with E-state index in [9.17, 15) is 14.7 Å². The number of nitrogens with one attached hydrogen (secondary N) is 2. The molecule has 0 spiro atoms. The number of carboxylic acids is 1. The van der Waals surface area contributed by atoms with Crippen molar-refractivity contribution >= 4 is 23.5 Å². The highest BCUT2D eigenvalue weighted by Gasteiger charge is 2.38. The van der Waals surface area contributed by atoms with Crippen molar-refractivity contribution in [2.24, 2.45) is 5.73 Å². The predicted molar refractivity (Wildman–Crippen MR) is 119 cm³/mol. The minimum Gasteiger partial charge on any atom is -0.490 e. The molecule has 2 aromatic rings. The molecule has 8 heteroatoms. The number of ether oxygens (including phenoxy) is 2. The van der Waals surface area contributed by atoms with Gasteiger partial charge in [0.25, 0.3) is 0 Å². The smallest absolute Gasteiger partial charge is 0.333 e. The quantitative estimate of drug-likeness (QED) is 0.187. The fourth-order valence-corrected chi connectivity index (χ4v) is 3.13. The normalized spacial score (nSPS) is 12.5. The van der Waals surface area contributed by atoms with Gasteiger partial charge >= 0.3 is 11.9 Å². The first-order valence-corrected chi connectivity index (χ1v) is 10.0. The van der Waals surface area contributed by atoms with Crippen LogP contribution in [0.15, 0.2) is 42.5 Å². The predicted octanol–water partition coefficient (Wildman–Crippen LogP) is 3.28. The van der Waals surface area contributed by atoms with Crippen LogP contribution in [0, 0.1) is 5.41 Å². The Balaban J connectivity index is 2.40. The number of nitrogens with two attached hydrogens (primary N) is 1. The average Bonchev–Trinajstić information content (AvgIpc) is 2.72. The van der Waals surface area contributed by atoms with Crippen LogP contribution in [0.4, 0.5) is 5.69 Å². The Morgan fingerprint density at radius 2 is 1.84 bits per heavy atom. The van der Waals surface area contributed by atoms with Gasteiger partial charge in [-0.2, -0.15) is 0 Å². The molecule has 31 heavy (non-hydrogen) atoms. The largest absolute Gasteiger partial charge is 0.490 e. The number of carbonyl (C=O) groups excluding carboxylic acids is 1. The molecule has 2 aromatic carbocycles. The molecule has 0 aromatic heterocycles. The van der Waals surface area contributed by atoms with E-state index < -0.39 is 17.5 Å². The number of aryl methyl sites for hydroxylation is 1. The first kappa shape index (κ1) is 23.7. The van der Waals surface area contributed by atoms with Gasteiger partial charge in [0.05, 0.1) is 0 Å². The lowest BCUT2D eigenvalue weighted by Gasteiger charge is -2.30. The van der Waals surface area contributed by atoms with E-state index in [4.69, 9.17) is 20.6 Å². The van der Waals surface area contributed by atoms with Crippen molar-refractivity contribution < 1.29 is 24.2 Å². The fraction of sp³-hybridized carbons (Fsp3) is 0.348. The van der Waals surface area contributed by atoms with Crippen molar-refractivity contribution in [3.8, 4) is 5.75 Å². The van der Waals surface area contributed by atoms with E-state index in [2.05, 4.69) is 12.2 Å². The number of anilines is 1. The molecule has 0 aliphatic rings. The summed E-state index contributed by atoms with van der Waals surface area (Å²) in [5.41, 5.74) is 6.55. The molecule has 0 amide bonds. The first-order chi connectivity index (χ1) is 14.7. The summed E-state index contributed by atoms with van der Waals surface area (Å²) in [5, 5.41) is 20.7. The number of carbonyl (C=O) groups is 2. The zero-order valence-electron chi connectivity index (χ0n) is 18.0. The van der Waals surface area contributed by atoms with Gasteiger partial charge in [0.15, 0.2) is 5.54 Å². The van der Waals surface area contributed by atoms with Crippen LogP contribution in [0.3, 0.4) is 0 Å². The molecular formula is C23H29N3O5. The minimum atomic E-state index is -1.50. The van der Waals surface area contributed by atoms with Crippen LogP contribution in [-0.2, 0) is 26.3 Å². The summed E-state index contributed by atoms with van der Waals surface area (Å²) in [4.78, 5) is 23.4. The van der Waals surface area contributed by atoms with Crippen molar-refractivity contribution in [1.29, 1.82) is 5.41 Å². The summed E-state index contributed by atoms with van der Waals surface area (Å²) in [5.74, 6) is -1.16. The van der Waals surface area contributed by atoms with E-state index >= 15 is 0 Å². The van der Waals surface area contributed by atoms with Crippen LogP contribution in [0.2, 0.25) is 0 Å². The van der Waals surface area contributed by atoms with Gasteiger partial charge < -0.3 is 25.6 Å². The molecule has 0 aliphatic heterocycles. The fourth-order valence-electron chi connectivity index (χ4n) is 3.13. The molecule has 0 heterocycles. The maximum Gasteiger partial charge on any atom is 0.333 e. The first-order valence-electron chi connectivity index (χ1n) is 10.0. The number of hydrogen-bond donors (Lipinski definition) is 4.